The quantitative estimate of drug-likeness (QED) is 0.734. The number of piperazine rings is 1. The molecule has 0 aliphatic carbocycles. The lowest BCUT2D eigenvalue weighted by Crippen LogP contribution is -2.71. The van der Waals surface area contributed by atoms with Crippen molar-refractivity contribution in [3.63, 3.8) is 0 Å². The Morgan fingerprint density at radius 3 is 2.37 bits per heavy atom. The van der Waals surface area contributed by atoms with Gasteiger partial charge >= 0.3 is 6.18 Å². The molecule has 0 spiro atoms. The van der Waals surface area contributed by atoms with Crippen LogP contribution in [-0.4, -0.2) is 47.1 Å². The van der Waals surface area contributed by atoms with Gasteiger partial charge in [-0.05, 0) is 20.3 Å². The van der Waals surface area contributed by atoms with Gasteiger partial charge in [-0.15, -0.1) is 0 Å². The van der Waals surface area contributed by atoms with Gasteiger partial charge in [0.1, 0.15) is 6.04 Å². The molecule has 1 aliphatic rings. The van der Waals surface area contributed by atoms with E-state index in [1.807, 2.05) is 5.32 Å². The summed E-state index contributed by atoms with van der Waals surface area (Å²) in [6.45, 7) is 3.71. The zero-order chi connectivity index (χ0) is 15.0. The van der Waals surface area contributed by atoms with Crippen LogP contribution in [0.3, 0.4) is 0 Å². The molecule has 1 saturated heterocycles. The number of amides is 2. The number of hydrogen-bond donors (Lipinski definition) is 2. The summed E-state index contributed by atoms with van der Waals surface area (Å²) < 4.78 is 39.5. The second-order valence-corrected chi connectivity index (χ2v) is 5.12. The molecule has 0 bridgehead atoms. The van der Waals surface area contributed by atoms with Gasteiger partial charge in [0.2, 0.25) is 11.8 Å². The van der Waals surface area contributed by atoms with Crippen molar-refractivity contribution in [2.45, 2.75) is 51.0 Å². The molecule has 3 N–H and O–H groups in total. The number of carbonyl (C=O) groups excluding carboxylic acids is 2. The largest absolute Gasteiger partial charge is 0.405 e. The van der Waals surface area contributed by atoms with Crippen LogP contribution in [0.4, 0.5) is 13.2 Å². The second kappa shape index (κ2) is 5.09. The lowest BCUT2D eigenvalue weighted by atomic mass is 9.92. The molecule has 1 rings (SSSR count). The van der Waals surface area contributed by atoms with Gasteiger partial charge in [0, 0.05) is 6.04 Å². The second-order valence-electron chi connectivity index (χ2n) is 5.12. The fraction of sp³-hybridized carbons (Fsp3) is 0.818. The lowest BCUT2D eigenvalue weighted by molar-refractivity contribution is -0.206. The number of alkyl halides is 3. The zero-order valence-corrected chi connectivity index (χ0v) is 11.0. The minimum atomic E-state index is -4.61. The van der Waals surface area contributed by atoms with Crippen LogP contribution in [0.15, 0.2) is 0 Å². The van der Waals surface area contributed by atoms with Crippen molar-refractivity contribution in [1.82, 2.24) is 10.2 Å². The van der Waals surface area contributed by atoms with Gasteiger partial charge in [0.05, 0.1) is 12.1 Å². The molecule has 8 heteroatoms. The molecule has 19 heavy (non-hydrogen) atoms. The van der Waals surface area contributed by atoms with E-state index in [2.05, 4.69) is 0 Å². The summed E-state index contributed by atoms with van der Waals surface area (Å²) in [7, 11) is 0. The highest BCUT2D eigenvalue weighted by atomic mass is 19.4. The molecule has 5 nitrogen and oxygen atoms in total. The third-order valence-electron chi connectivity index (χ3n) is 3.39. The fourth-order valence-corrected chi connectivity index (χ4v) is 2.12. The smallest absolute Gasteiger partial charge is 0.326 e. The third-order valence-corrected chi connectivity index (χ3v) is 3.39. The molecular weight excluding hydrogens is 263 g/mol. The van der Waals surface area contributed by atoms with Crippen LogP contribution in [0.2, 0.25) is 0 Å². The highest BCUT2D eigenvalue weighted by molar-refractivity contribution is 6.03. The van der Waals surface area contributed by atoms with Crippen molar-refractivity contribution in [3.8, 4) is 0 Å². The average molecular weight is 281 g/mol. The number of nitrogens with two attached hydrogens (primary N) is 1. The van der Waals surface area contributed by atoms with Crippen molar-refractivity contribution in [2.75, 3.05) is 6.54 Å². The van der Waals surface area contributed by atoms with Gasteiger partial charge in [0.15, 0.2) is 0 Å². The predicted molar refractivity (Wildman–Crippen MR) is 62.0 cm³/mol. The van der Waals surface area contributed by atoms with Crippen LogP contribution in [0.5, 0.6) is 0 Å². The Morgan fingerprint density at radius 1 is 1.42 bits per heavy atom. The molecule has 110 valence electrons. The Kier molecular flexibility index (Phi) is 4.26. The molecule has 1 fully saturated rings. The van der Waals surface area contributed by atoms with Gasteiger partial charge in [-0.1, -0.05) is 6.92 Å². The van der Waals surface area contributed by atoms with Crippen LogP contribution >= 0.6 is 0 Å². The monoisotopic (exact) mass is 281 g/mol. The van der Waals surface area contributed by atoms with E-state index < -0.39 is 42.2 Å². The van der Waals surface area contributed by atoms with Crippen LogP contribution in [0.25, 0.3) is 0 Å². The summed E-state index contributed by atoms with van der Waals surface area (Å²) in [4.78, 5) is 23.9. The molecule has 0 radical (unpaired) electrons. The maximum atomic E-state index is 13.2. The molecule has 0 aromatic rings. The van der Waals surface area contributed by atoms with E-state index in [0.29, 0.717) is 0 Å². The predicted octanol–water partition coefficient (Wildman–Crippen LogP) is 0.392. The third kappa shape index (κ3) is 3.06. The highest BCUT2D eigenvalue weighted by Gasteiger charge is 2.54. The first-order valence-electron chi connectivity index (χ1n) is 5.95. The van der Waals surface area contributed by atoms with E-state index >= 15 is 0 Å². The maximum Gasteiger partial charge on any atom is 0.405 e. The average Bonchev–Trinajstić information content (AvgIpc) is 2.23. The van der Waals surface area contributed by atoms with Crippen molar-refractivity contribution < 1.29 is 22.8 Å². The number of carbonyl (C=O) groups is 2. The molecule has 0 aromatic carbocycles. The fourth-order valence-electron chi connectivity index (χ4n) is 2.12. The van der Waals surface area contributed by atoms with E-state index in [4.69, 9.17) is 5.73 Å². The van der Waals surface area contributed by atoms with Crippen molar-refractivity contribution >= 4 is 11.8 Å². The number of nitrogens with one attached hydrogen (secondary N) is 1. The van der Waals surface area contributed by atoms with E-state index in [1.54, 1.807) is 0 Å². The minimum absolute atomic E-state index is 0.0898. The van der Waals surface area contributed by atoms with Crippen LogP contribution < -0.4 is 11.1 Å². The molecule has 0 aromatic heterocycles. The number of rotatable bonds is 3. The normalized spacial score (nSPS) is 23.9. The summed E-state index contributed by atoms with van der Waals surface area (Å²) >= 11 is 0. The molecular formula is C11H18F3N3O2. The molecule has 1 aliphatic heterocycles. The first kappa shape index (κ1) is 15.9. The van der Waals surface area contributed by atoms with Gasteiger partial charge < -0.3 is 5.73 Å². The van der Waals surface area contributed by atoms with Gasteiger partial charge in [-0.25, -0.2) is 0 Å². The van der Waals surface area contributed by atoms with Gasteiger partial charge in [-0.3, -0.25) is 19.8 Å². The van der Waals surface area contributed by atoms with Crippen LogP contribution in [0, 0.1) is 0 Å². The van der Waals surface area contributed by atoms with Crippen molar-refractivity contribution in [2.24, 2.45) is 5.73 Å². The number of imide groups is 1. The van der Waals surface area contributed by atoms with Crippen LogP contribution in [-0.2, 0) is 9.59 Å². The maximum absolute atomic E-state index is 13.2. The van der Waals surface area contributed by atoms with Crippen LogP contribution in [0.1, 0.15) is 27.2 Å². The van der Waals surface area contributed by atoms with E-state index in [1.165, 1.54) is 20.8 Å². The summed E-state index contributed by atoms with van der Waals surface area (Å²) in [5.74, 6) is -1.50. The Labute approximate surface area is 109 Å². The molecule has 0 saturated carbocycles. The molecule has 1 heterocycles. The number of hydrogen-bond acceptors (Lipinski definition) is 4. The summed E-state index contributed by atoms with van der Waals surface area (Å²) in [6.07, 6.45) is -4.52. The molecule has 2 amide bonds. The topological polar surface area (TPSA) is 75.4 Å². The van der Waals surface area contributed by atoms with E-state index in [0.717, 1.165) is 4.90 Å². The summed E-state index contributed by atoms with van der Waals surface area (Å²) in [5, 5.41) is 2.04. The molecule has 2 atom stereocenters. The summed E-state index contributed by atoms with van der Waals surface area (Å²) in [5.41, 5.74) is 4.10. The Bertz CT molecular complexity index is 382. The summed E-state index contributed by atoms with van der Waals surface area (Å²) in [6, 6.07) is -3.22. The Morgan fingerprint density at radius 2 is 1.95 bits per heavy atom. The molecule has 2 unspecified atom stereocenters. The first-order chi connectivity index (χ1) is 8.51. The Balaban J connectivity index is 3.19. The zero-order valence-electron chi connectivity index (χ0n) is 11.0. The minimum Gasteiger partial charge on any atom is -0.326 e. The SMILES string of the molecule is CCC(N)C(N1CC(=O)NC(=O)C1(C)C)C(F)(F)F. The van der Waals surface area contributed by atoms with Crippen molar-refractivity contribution in [1.29, 1.82) is 0 Å². The number of nitrogens with zero attached hydrogens (tertiary/aromatic N) is 1. The Hall–Kier alpha value is -1.15. The van der Waals surface area contributed by atoms with Gasteiger partial charge in [-0.2, -0.15) is 13.2 Å². The van der Waals surface area contributed by atoms with E-state index in [9.17, 15) is 22.8 Å². The standard InChI is InChI=1S/C11H18F3N3O2/c1-4-6(15)8(11(12,13)14)17-5-7(18)16-9(19)10(17,2)3/h6,8H,4-5,15H2,1-3H3,(H,16,18,19). The lowest BCUT2D eigenvalue weighted by Gasteiger charge is -2.46. The van der Waals surface area contributed by atoms with E-state index in [-0.39, 0.29) is 6.42 Å². The van der Waals surface area contributed by atoms with Gasteiger partial charge in [0.25, 0.3) is 0 Å². The van der Waals surface area contributed by atoms with Crippen molar-refractivity contribution in [3.05, 3.63) is 0 Å². The highest BCUT2D eigenvalue weighted by Crippen LogP contribution is 2.33. The first-order valence-corrected chi connectivity index (χ1v) is 5.95. The number of halogens is 3.